The molecule has 0 amide bonds. The van der Waals surface area contributed by atoms with E-state index < -0.39 is 18.0 Å². The average Bonchev–Trinajstić information content (AvgIpc) is 2.88. The quantitative estimate of drug-likeness (QED) is 0.649. The van der Waals surface area contributed by atoms with E-state index in [0.29, 0.717) is 12.8 Å². The van der Waals surface area contributed by atoms with Gasteiger partial charge in [-0.05, 0) is 18.1 Å². The molecule has 1 atom stereocenters. The Morgan fingerprint density at radius 1 is 1.27 bits per heavy atom. The minimum absolute atomic E-state index is 0. The number of nitrogens with two attached hydrogens (primary N) is 1. The van der Waals surface area contributed by atoms with Gasteiger partial charge >= 0.3 is 11.9 Å². The molecule has 0 fully saturated rings. The average molecular weight is 327 g/mol. The Hall–Kier alpha value is -2.05. The zero-order valence-corrected chi connectivity index (χ0v) is 13.0. The van der Waals surface area contributed by atoms with E-state index >= 15 is 0 Å². The topological polar surface area (TPSA) is 94.4 Å². The van der Waals surface area contributed by atoms with Crippen molar-refractivity contribution in [1.29, 1.82) is 0 Å². The van der Waals surface area contributed by atoms with Gasteiger partial charge in [0.25, 0.3) is 0 Å². The van der Waals surface area contributed by atoms with Crippen LogP contribution in [0.25, 0.3) is 10.9 Å². The molecule has 1 aromatic carbocycles. The summed E-state index contributed by atoms with van der Waals surface area (Å²) in [5.41, 5.74) is 7.67. The highest BCUT2D eigenvalue weighted by molar-refractivity contribution is 5.85. The maximum Gasteiger partial charge on any atom is 0.372 e. The number of hydrogen-bond acceptors (Lipinski definition) is 5. The lowest BCUT2D eigenvalue weighted by Crippen LogP contribution is -2.34. The molecule has 2 rings (SSSR count). The van der Waals surface area contributed by atoms with Crippen molar-refractivity contribution in [3.63, 3.8) is 0 Å². The van der Waals surface area contributed by atoms with Crippen molar-refractivity contribution in [2.24, 2.45) is 5.73 Å². The number of aromatic nitrogens is 1. The van der Waals surface area contributed by atoms with Crippen LogP contribution in [0.4, 0.5) is 0 Å². The van der Waals surface area contributed by atoms with Gasteiger partial charge < -0.3 is 10.7 Å². The number of aromatic amines is 1. The van der Waals surface area contributed by atoms with Crippen LogP contribution >= 0.6 is 12.4 Å². The number of benzene rings is 1. The van der Waals surface area contributed by atoms with Gasteiger partial charge in [-0.3, -0.25) is 0 Å². The van der Waals surface area contributed by atoms with Crippen LogP contribution < -0.4 is 5.73 Å². The predicted molar refractivity (Wildman–Crippen MR) is 84.3 cm³/mol. The molecular formula is C15H19ClN2O4. The second-order valence-corrected chi connectivity index (χ2v) is 4.78. The number of rotatable bonds is 5. The Morgan fingerprint density at radius 3 is 2.73 bits per heavy atom. The summed E-state index contributed by atoms with van der Waals surface area (Å²) in [4.78, 5) is 34.8. The van der Waals surface area contributed by atoms with Crippen LogP contribution in [-0.4, -0.2) is 23.0 Å². The molecule has 0 radical (unpaired) electrons. The van der Waals surface area contributed by atoms with Gasteiger partial charge in [0.2, 0.25) is 0 Å². The summed E-state index contributed by atoms with van der Waals surface area (Å²) in [6, 6.07) is 6.83. The third-order valence-electron chi connectivity index (χ3n) is 3.09. The molecular weight excluding hydrogens is 308 g/mol. The van der Waals surface area contributed by atoms with Crippen LogP contribution in [0.5, 0.6) is 0 Å². The molecule has 0 saturated carbocycles. The van der Waals surface area contributed by atoms with Gasteiger partial charge in [-0.2, -0.15) is 0 Å². The van der Waals surface area contributed by atoms with E-state index in [4.69, 9.17) is 5.73 Å². The number of carbonyl (C=O) groups excluding carboxylic acids is 2. The fourth-order valence-electron chi connectivity index (χ4n) is 2.02. The summed E-state index contributed by atoms with van der Waals surface area (Å²) in [6.07, 6.45) is 2.93. The minimum atomic E-state index is -0.890. The first kappa shape index (κ1) is 18.0. The Morgan fingerprint density at radius 2 is 2.00 bits per heavy atom. The van der Waals surface area contributed by atoms with Crippen molar-refractivity contribution >= 4 is 35.2 Å². The summed E-state index contributed by atoms with van der Waals surface area (Å²) in [5, 5.41) is 1.00. The molecule has 6 nitrogen and oxygen atoms in total. The molecule has 120 valence electrons. The first-order valence-electron chi connectivity index (χ1n) is 6.83. The fourth-order valence-corrected chi connectivity index (χ4v) is 2.02. The van der Waals surface area contributed by atoms with E-state index in [0.717, 1.165) is 16.5 Å². The van der Waals surface area contributed by atoms with Gasteiger partial charge in [-0.1, -0.05) is 25.1 Å². The molecule has 0 saturated heterocycles. The maximum absolute atomic E-state index is 11.7. The highest BCUT2D eigenvalue weighted by Gasteiger charge is 2.20. The zero-order chi connectivity index (χ0) is 15.2. The molecule has 0 aliphatic heterocycles. The van der Waals surface area contributed by atoms with Crippen LogP contribution in [-0.2, 0) is 25.8 Å². The Kier molecular flexibility index (Phi) is 6.88. The third-order valence-corrected chi connectivity index (χ3v) is 3.09. The second kappa shape index (κ2) is 8.41. The maximum atomic E-state index is 11.7. The first-order chi connectivity index (χ1) is 10.1. The molecule has 0 aliphatic rings. The zero-order valence-electron chi connectivity index (χ0n) is 12.2. The first-order valence-corrected chi connectivity index (χ1v) is 6.83. The van der Waals surface area contributed by atoms with Crippen molar-refractivity contribution in [2.75, 3.05) is 0 Å². The van der Waals surface area contributed by atoms with Crippen LogP contribution in [0.15, 0.2) is 30.5 Å². The second-order valence-electron chi connectivity index (χ2n) is 4.78. The summed E-state index contributed by atoms with van der Waals surface area (Å²) in [7, 11) is 0. The van der Waals surface area contributed by atoms with Crippen molar-refractivity contribution in [2.45, 2.75) is 32.2 Å². The number of carbonyl (C=O) groups is 2. The van der Waals surface area contributed by atoms with E-state index in [9.17, 15) is 9.59 Å². The fraction of sp³-hybridized carbons (Fsp3) is 0.333. The summed E-state index contributed by atoms with van der Waals surface area (Å²) in [5.74, 6) is -1.34. The predicted octanol–water partition coefficient (Wildman–Crippen LogP) is 2.26. The normalized spacial score (nSPS) is 11.5. The van der Waals surface area contributed by atoms with Gasteiger partial charge in [-0.25, -0.2) is 19.4 Å². The van der Waals surface area contributed by atoms with Gasteiger partial charge in [0, 0.05) is 29.9 Å². The van der Waals surface area contributed by atoms with Crippen molar-refractivity contribution in [3.8, 4) is 0 Å². The van der Waals surface area contributed by atoms with E-state index in [1.807, 2.05) is 31.2 Å². The Balaban J connectivity index is 0.00000242. The number of para-hydroxylation sites is 1. The molecule has 0 bridgehead atoms. The van der Waals surface area contributed by atoms with Gasteiger partial charge in [0.05, 0.1) is 0 Å². The number of fused-ring (bicyclic) bond motifs is 1. The van der Waals surface area contributed by atoms with Crippen LogP contribution in [0.3, 0.4) is 0 Å². The smallest absolute Gasteiger partial charge is 0.361 e. The molecule has 0 aliphatic carbocycles. The monoisotopic (exact) mass is 326 g/mol. The highest BCUT2D eigenvalue weighted by Crippen LogP contribution is 2.18. The van der Waals surface area contributed by atoms with Crippen LogP contribution in [0.2, 0.25) is 0 Å². The van der Waals surface area contributed by atoms with Crippen molar-refractivity contribution < 1.29 is 19.4 Å². The minimum Gasteiger partial charge on any atom is -0.361 e. The lowest BCUT2D eigenvalue weighted by Gasteiger charge is -2.09. The van der Waals surface area contributed by atoms with Crippen molar-refractivity contribution in [3.05, 3.63) is 36.0 Å². The number of nitrogens with one attached hydrogen (secondary N) is 1. The third kappa shape index (κ3) is 4.47. The summed E-state index contributed by atoms with van der Waals surface area (Å²) in [6.45, 7) is 1.83. The molecule has 2 aromatic rings. The standard InChI is InChI=1S/C15H18N2O4.ClH/c1-2-5-14(18)20-21-15(19)12(16)8-10-9-17-13-7-4-3-6-11(10)13;/h3-4,6-7,9,12,17H,2,5,8,16H2,1H3;1H. The molecule has 22 heavy (non-hydrogen) atoms. The SMILES string of the molecule is CCCC(=O)OOC(=O)C(N)Cc1c[nH]c2ccccc12.Cl. The molecule has 1 unspecified atom stereocenters. The van der Waals surface area contributed by atoms with Gasteiger partial charge in [0.1, 0.15) is 6.04 Å². The lowest BCUT2D eigenvalue weighted by molar-refractivity contribution is -0.260. The largest absolute Gasteiger partial charge is 0.372 e. The van der Waals surface area contributed by atoms with Gasteiger partial charge in [0.15, 0.2) is 0 Å². The van der Waals surface area contributed by atoms with E-state index in [-0.39, 0.29) is 18.8 Å². The Labute approximate surface area is 134 Å². The van der Waals surface area contributed by atoms with E-state index in [2.05, 4.69) is 14.8 Å². The lowest BCUT2D eigenvalue weighted by atomic mass is 10.1. The van der Waals surface area contributed by atoms with E-state index in [1.165, 1.54) is 0 Å². The highest BCUT2D eigenvalue weighted by atomic mass is 35.5. The van der Waals surface area contributed by atoms with Crippen LogP contribution in [0, 0.1) is 0 Å². The number of H-pyrrole nitrogens is 1. The Bertz CT molecular complexity index is 641. The molecule has 1 heterocycles. The number of hydrogen-bond donors (Lipinski definition) is 2. The van der Waals surface area contributed by atoms with Gasteiger partial charge in [-0.15, -0.1) is 12.4 Å². The molecule has 1 aromatic heterocycles. The van der Waals surface area contributed by atoms with Crippen LogP contribution in [0.1, 0.15) is 25.3 Å². The van der Waals surface area contributed by atoms with Crippen molar-refractivity contribution in [1.82, 2.24) is 4.98 Å². The molecule has 7 heteroatoms. The molecule has 0 spiro atoms. The molecule has 3 N–H and O–H groups in total. The summed E-state index contributed by atoms with van der Waals surface area (Å²) >= 11 is 0. The van der Waals surface area contributed by atoms with E-state index in [1.54, 1.807) is 6.20 Å². The summed E-state index contributed by atoms with van der Waals surface area (Å²) < 4.78 is 0. The number of halogens is 1.